The SMILES string of the molecule is CCOC(CNC(=O)Cc1c[nH]c2ccccc12)OCC. The van der Waals surface area contributed by atoms with Crippen LogP contribution in [0.5, 0.6) is 0 Å². The van der Waals surface area contributed by atoms with Gasteiger partial charge in [0.1, 0.15) is 0 Å². The lowest BCUT2D eigenvalue weighted by molar-refractivity contribution is -0.140. The Morgan fingerprint density at radius 3 is 2.67 bits per heavy atom. The smallest absolute Gasteiger partial charge is 0.224 e. The molecule has 1 aromatic heterocycles. The number of fused-ring (bicyclic) bond motifs is 1. The maximum absolute atomic E-state index is 12.0. The van der Waals surface area contributed by atoms with Gasteiger partial charge in [0.25, 0.3) is 0 Å². The largest absolute Gasteiger partial charge is 0.361 e. The summed E-state index contributed by atoms with van der Waals surface area (Å²) in [7, 11) is 0. The molecule has 114 valence electrons. The van der Waals surface area contributed by atoms with Crippen molar-refractivity contribution in [2.24, 2.45) is 0 Å². The summed E-state index contributed by atoms with van der Waals surface area (Å²) in [5, 5.41) is 3.93. The lowest BCUT2D eigenvalue weighted by Gasteiger charge is -2.17. The number of aromatic nitrogens is 1. The first-order valence-corrected chi connectivity index (χ1v) is 7.29. The maximum Gasteiger partial charge on any atom is 0.224 e. The van der Waals surface area contributed by atoms with E-state index in [0.717, 1.165) is 16.5 Å². The molecule has 0 aliphatic rings. The molecule has 2 N–H and O–H groups in total. The van der Waals surface area contributed by atoms with E-state index < -0.39 is 0 Å². The van der Waals surface area contributed by atoms with E-state index in [-0.39, 0.29) is 12.2 Å². The van der Waals surface area contributed by atoms with Gasteiger partial charge >= 0.3 is 0 Å². The summed E-state index contributed by atoms with van der Waals surface area (Å²) in [6.45, 7) is 5.29. The number of aromatic amines is 1. The number of para-hydroxylation sites is 1. The Kier molecular flexibility index (Phi) is 5.78. The zero-order valence-corrected chi connectivity index (χ0v) is 12.5. The molecule has 21 heavy (non-hydrogen) atoms. The van der Waals surface area contributed by atoms with E-state index in [1.54, 1.807) is 0 Å². The van der Waals surface area contributed by atoms with Crippen molar-refractivity contribution >= 4 is 16.8 Å². The van der Waals surface area contributed by atoms with Crippen molar-refractivity contribution in [2.45, 2.75) is 26.6 Å². The second kappa shape index (κ2) is 7.81. The van der Waals surface area contributed by atoms with Crippen LogP contribution in [0.2, 0.25) is 0 Å². The highest BCUT2D eigenvalue weighted by molar-refractivity contribution is 5.88. The first-order chi connectivity index (χ1) is 10.2. The van der Waals surface area contributed by atoms with Crippen molar-refractivity contribution in [3.8, 4) is 0 Å². The predicted molar refractivity (Wildman–Crippen MR) is 82.1 cm³/mol. The minimum atomic E-state index is -0.382. The molecular weight excluding hydrogens is 268 g/mol. The van der Waals surface area contributed by atoms with E-state index in [0.29, 0.717) is 26.2 Å². The third kappa shape index (κ3) is 4.31. The minimum Gasteiger partial charge on any atom is -0.361 e. The number of hydrogen-bond acceptors (Lipinski definition) is 3. The quantitative estimate of drug-likeness (QED) is 0.733. The van der Waals surface area contributed by atoms with Crippen LogP contribution in [-0.4, -0.2) is 36.9 Å². The summed E-state index contributed by atoms with van der Waals surface area (Å²) in [5.41, 5.74) is 2.04. The van der Waals surface area contributed by atoms with Gasteiger partial charge in [0.2, 0.25) is 5.91 Å². The van der Waals surface area contributed by atoms with Crippen LogP contribution in [0.4, 0.5) is 0 Å². The van der Waals surface area contributed by atoms with Gasteiger partial charge in [-0.3, -0.25) is 4.79 Å². The zero-order chi connectivity index (χ0) is 15.1. The highest BCUT2D eigenvalue weighted by atomic mass is 16.7. The van der Waals surface area contributed by atoms with E-state index in [4.69, 9.17) is 9.47 Å². The molecule has 0 fully saturated rings. The molecule has 1 amide bonds. The number of H-pyrrole nitrogens is 1. The molecular formula is C16H22N2O3. The number of benzene rings is 1. The van der Waals surface area contributed by atoms with Crippen LogP contribution in [-0.2, 0) is 20.7 Å². The number of carbonyl (C=O) groups excluding carboxylic acids is 1. The second-order valence-electron chi connectivity index (χ2n) is 4.68. The standard InChI is InChI=1S/C16H22N2O3/c1-3-20-16(21-4-2)11-18-15(19)9-12-10-17-14-8-6-5-7-13(12)14/h5-8,10,16-17H,3-4,9,11H2,1-2H3,(H,18,19). The van der Waals surface area contributed by atoms with E-state index in [2.05, 4.69) is 10.3 Å². The van der Waals surface area contributed by atoms with Gasteiger partial charge < -0.3 is 19.8 Å². The summed E-state index contributed by atoms with van der Waals surface area (Å²) < 4.78 is 10.8. The van der Waals surface area contributed by atoms with Gasteiger partial charge in [0, 0.05) is 30.3 Å². The highest BCUT2D eigenvalue weighted by Gasteiger charge is 2.12. The van der Waals surface area contributed by atoms with Gasteiger partial charge in [-0.05, 0) is 25.5 Å². The third-order valence-electron chi connectivity index (χ3n) is 3.20. The van der Waals surface area contributed by atoms with Crippen molar-refractivity contribution in [2.75, 3.05) is 19.8 Å². The van der Waals surface area contributed by atoms with Crippen LogP contribution in [0.3, 0.4) is 0 Å². The monoisotopic (exact) mass is 290 g/mol. The van der Waals surface area contributed by atoms with Crippen LogP contribution in [0.25, 0.3) is 10.9 Å². The van der Waals surface area contributed by atoms with Crippen molar-refractivity contribution in [3.63, 3.8) is 0 Å². The predicted octanol–water partition coefficient (Wildman–Crippen LogP) is 2.23. The Labute approximate surface area is 124 Å². The van der Waals surface area contributed by atoms with Crippen LogP contribution in [0, 0.1) is 0 Å². The molecule has 0 atom stereocenters. The summed E-state index contributed by atoms with van der Waals surface area (Å²) in [5.74, 6) is -0.0378. The van der Waals surface area contributed by atoms with Crippen molar-refractivity contribution < 1.29 is 14.3 Å². The minimum absolute atomic E-state index is 0.0378. The number of ether oxygens (including phenoxy) is 2. The summed E-state index contributed by atoms with van der Waals surface area (Å²) in [4.78, 5) is 15.2. The Balaban J connectivity index is 1.89. The molecule has 0 aliphatic heterocycles. The number of carbonyl (C=O) groups is 1. The van der Waals surface area contributed by atoms with Gasteiger partial charge in [-0.15, -0.1) is 0 Å². The molecule has 2 rings (SSSR count). The van der Waals surface area contributed by atoms with Crippen molar-refractivity contribution in [3.05, 3.63) is 36.0 Å². The normalized spacial score (nSPS) is 11.2. The number of rotatable bonds is 8. The van der Waals surface area contributed by atoms with E-state index in [9.17, 15) is 4.79 Å². The summed E-state index contributed by atoms with van der Waals surface area (Å²) in [6.07, 6.45) is 1.84. The topological polar surface area (TPSA) is 63.3 Å². The summed E-state index contributed by atoms with van der Waals surface area (Å²) in [6, 6.07) is 7.95. The van der Waals surface area contributed by atoms with Gasteiger partial charge in [0.05, 0.1) is 13.0 Å². The van der Waals surface area contributed by atoms with Crippen molar-refractivity contribution in [1.29, 1.82) is 0 Å². The average molecular weight is 290 g/mol. The van der Waals surface area contributed by atoms with Crippen LogP contribution in [0.1, 0.15) is 19.4 Å². The first-order valence-electron chi connectivity index (χ1n) is 7.29. The molecule has 2 aromatic rings. The highest BCUT2D eigenvalue weighted by Crippen LogP contribution is 2.17. The first kappa shape index (κ1) is 15.5. The molecule has 0 saturated heterocycles. The Hall–Kier alpha value is -1.85. The fourth-order valence-electron chi connectivity index (χ4n) is 2.25. The fraction of sp³-hybridized carbons (Fsp3) is 0.438. The molecule has 1 aromatic carbocycles. The van der Waals surface area contributed by atoms with Gasteiger partial charge in [0.15, 0.2) is 6.29 Å². The molecule has 5 heteroatoms. The Bertz CT molecular complexity index is 574. The van der Waals surface area contributed by atoms with E-state index in [1.807, 2.05) is 44.3 Å². The Morgan fingerprint density at radius 2 is 1.95 bits per heavy atom. The lowest BCUT2D eigenvalue weighted by atomic mass is 10.1. The fourth-order valence-corrected chi connectivity index (χ4v) is 2.25. The van der Waals surface area contributed by atoms with Crippen molar-refractivity contribution in [1.82, 2.24) is 10.3 Å². The second-order valence-corrected chi connectivity index (χ2v) is 4.68. The number of nitrogens with one attached hydrogen (secondary N) is 2. The molecule has 0 spiro atoms. The molecule has 0 radical (unpaired) electrons. The maximum atomic E-state index is 12.0. The van der Waals surface area contributed by atoms with Gasteiger partial charge in [-0.25, -0.2) is 0 Å². The molecule has 0 unspecified atom stereocenters. The molecule has 5 nitrogen and oxygen atoms in total. The number of hydrogen-bond donors (Lipinski definition) is 2. The van der Waals surface area contributed by atoms with E-state index >= 15 is 0 Å². The molecule has 0 saturated carbocycles. The summed E-state index contributed by atoms with van der Waals surface area (Å²) >= 11 is 0. The number of amides is 1. The molecule has 0 aliphatic carbocycles. The van der Waals surface area contributed by atoms with Crippen LogP contribution >= 0.6 is 0 Å². The molecule has 1 heterocycles. The average Bonchev–Trinajstić information content (AvgIpc) is 2.89. The van der Waals surface area contributed by atoms with E-state index in [1.165, 1.54) is 0 Å². The van der Waals surface area contributed by atoms with Crippen LogP contribution < -0.4 is 5.32 Å². The van der Waals surface area contributed by atoms with Gasteiger partial charge in [-0.2, -0.15) is 0 Å². The Morgan fingerprint density at radius 1 is 1.24 bits per heavy atom. The molecule has 0 bridgehead atoms. The van der Waals surface area contributed by atoms with Gasteiger partial charge in [-0.1, -0.05) is 18.2 Å². The third-order valence-corrected chi connectivity index (χ3v) is 3.20. The zero-order valence-electron chi connectivity index (χ0n) is 12.5. The van der Waals surface area contributed by atoms with Crippen LogP contribution in [0.15, 0.2) is 30.5 Å². The lowest BCUT2D eigenvalue weighted by Crippen LogP contribution is -2.36.